The summed E-state index contributed by atoms with van der Waals surface area (Å²) in [6.45, 7) is 0. The van der Waals surface area contributed by atoms with Gasteiger partial charge in [0.25, 0.3) is 0 Å². The Balaban J connectivity index is 1.21. The standard InChI is InChI=1S/C51H31N3S/c1-2-12-32(13-3-1)49-52-50(54-51(53-49)38-25-27-48-46(31-38)44-22-8-9-23-47(44)55-48)37-17-11-16-35(29-37)33-14-10-15-34(28-33)36-24-26-43-41-20-5-4-18-39(41)40-19-6-7-21-42(40)45(43)30-36/h1-31H/i4D,5D,6D,7D,10D,11D,14D,15D,16D,17D,18D,19D,20D,21D,24D,26D,28D,29D,30D. The van der Waals surface area contributed by atoms with Crippen molar-refractivity contribution in [1.29, 1.82) is 0 Å². The number of fused-ring (bicyclic) bond motifs is 9. The molecule has 4 heteroatoms. The van der Waals surface area contributed by atoms with Gasteiger partial charge in [0.1, 0.15) is 0 Å². The van der Waals surface area contributed by atoms with Crippen molar-refractivity contribution < 1.29 is 26.0 Å². The molecule has 0 amide bonds. The van der Waals surface area contributed by atoms with E-state index in [2.05, 4.69) is 4.98 Å². The average molecular weight is 737 g/mol. The molecule has 0 saturated heterocycles. The van der Waals surface area contributed by atoms with E-state index < -0.39 is 175 Å². The van der Waals surface area contributed by atoms with E-state index in [4.69, 9.17) is 23.7 Å². The summed E-state index contributed by atoms with van der Waals surface area (Å²) in [5.41, 5.74) is -2.12. The number of hydrogen-bond acceptors (Lipinski definition) is 4. The topological polar surface area (TPSA) is 38.7 Å². The number of benzene rings is 9. The van der Waals surface area contributed by atoms with Gasteiger partial charge in [0.15, 0.2) is 17.5 Å². The second-order valence-electron chi connectivity index (χ2n) is 12.5. The van der Waals surface area contributed by atoms with Crippen LogP contribution in [0.4, 0.5) is 0 Å². The molecule has 0 atom stereocenters. The van der Waals surface area contributed by atoms with Crippen molar-refractivity contribution in [3.05, 3.63) is 188 Å². The largest absolute Gasteiger partial charge is 0.208 e. The van der Waals surface area contributed by atoms with Crippen LogP contribution in [0.3, 0.4) is 0 Å². The van der Waals surface area contributed by atoms with Crippen LogP contribution >= 0.6 is 11.3 Å². The van der Waals surface area contributed by atoms with Gasteiger partial charge in [-0.25, -0.2) is 15.0 Å². The van der Waals surface area contributed by atoms with Crippen molar-refractivity contribution in [3.8, 4) is 56.4 Å². The lowest BCUT2D eigenvalue weighted by molar-refractivity contribution is 1.07. The zero-order chi connectivity index (χ0) is 52.8. The molecule has 0 fully saturated rings. The highest BCUT2D eigenvalue weighted by Crippen LogP contribution is 2.39. The van der Waals surface area contributed by atoms with Gasteiger partial charge in [0.05, 0.1) is 26.0 Å². The Morgan fingerprint density at radius 3 is 1.53 bits per heavy atom. The summed E-state index contributed by atoms with van der Waals surface area (Å²) in [4.78, 5) is 14.2. The molecule has 0 spiro atoms. The first kappa shape index (κ1) is 17.9. The van der Waals surface area contributed by atoms with Gasteiger partial charge in [-0.3, -0.25) is 0 Å². The van der Waals surface area contributed by atoms with Crippen LogP contribution in [0.2, 0.25) is 0 Å². The minimum Gasteiger partial charge on any atom is -0.208 e. The highest BCUT2D eigenvalue weighted by Gasteiger charge is 2.15. The van der Waals surface area contributed by atoms with E-state index in [1.165, 1.54) is 0 Å². The summed E-state index contributed by atoms with van der Waals surface area (Å²) < 4.78 is 175. The minimum absolute atomic E-state index is 0.119. The molecule has 0 aliphatic carbocycles. The third-order valence-electron chi connectivity index (χ3n) is 9.21. The first-order valence-corrected chi connectivity index (χ1v) is 17.8. The Bertz CT molecular complexity index is 4330. The van der Waals surface area contributed by atoms with Gasteiger partial charge in [-0.05, 0) is 97.0 Å². The van der Waals surface area contributed by atoms with Crippen molar-refractivity contribution in [1.82, 2.24) is 15.0 Å². The van der Waals surface area contributed by atoms with Gasteiger partial charge in [0.2, 0.25) is 0 Å². The predicted molar refractivity (Wildman–Crippen MR) is 232 cm³/mol. The van der Waals surface area contributed by atoms with Crippen LogP contribution in [0, 0.1) is 0 Å². The van der Waals surface area contributed by atoms with Crippen LogP contribution in [0.25, 0.3) is 109 Å². The smallest absolute Gasteiger partial charge is 0.164 e. The van der Waals surface area contributed by atoms with Crippen LogP contribution in [0.15, 0.2) is 188 Å². The molecule has 0 N–H and O–H groups in total. The molecule has 11 rings (SSSR count). The zero-order valence-corrected chi connectivity index (χ0v) is 29.0. The molecule has 2 heterocycles. The van der Waals surface area contributed by atoms with Crippen LogP contribution in [0.1, 0.15) is 26.0 Å². The predicted octanol–water partition coefficient (Wildman–Crippen LogP) is 14.0. The summed E-state index contributed by atoms with van der Waals surface area (Å²) in [7, 11) is 0. The summed E-state index contributed by atoms with van der Waals surface area (Å²) in [5, 5.41) is -0.754. The first-order valence-electron chi connectivity index (χ1n) is 26.5. The van der Waals surface area contributed by atoms with Gasteiger partial charge < -0.3 is 0 Å². The molecule has 0 saturated carbocycles. The Morgan fingerprint density at radius 2 is 0.836 bits per heavy atom. The van der Waals surface area contributed by atoms with E-state index >= 15 is 0 Å². The molecule has 11 aromatic rings. The van der Waals surface area contributed by atoms with Crippen LogP contribution < -0.4 is 0 Å². The lowest BCUT2D eigenvalue weighted by Crippen LogP contribution is -2.00. The minimum atomic E-state index is -0.928. The SMILES string of the molecule is [2H]c1c([2H])c(-c2nc(-c3ccccc3)nc(-c3ccc4sc5ccccc5c4c3)n2)c([2H])c(-c2c([2H])c([2H])c([2H])c(-c3c([2H])c([2H])c4c5c([2H])c([2H])c([2H])c([2H])c5c5c([2H])c([2H])c([2H])c([2H])c5c4c3[2H])c2[2H])c1[2H]. The molecule has 9 aromatic carbocycles. The van der Waals surface area contributed by atoms with Crippen molar-refractivity contribution in [2.24, 2.45) is 0 Å². The third kappa shape index (κ3) is 5.46. The average Bonchev–Trinajstić information content (AvgIpc) is 3.78. The fraction of sp³-hybridized carbons (Fsp3) is 0. The quantitative estimate of drug-likeness (QED) is 0.165. The maximum Gasteiger partial charge on any atom is 0.164 e. The number of aromatic nitrogens is 3. The fourth-order valence-corrected chi connectivity index (χ4v) is 7.74. The summed E-state index contributed by atoms with van der Waals surface area (Å²) >= 11 is 1.60. The Kier molecular flexibility index (Phi) is 4.17. The van der Waals surface area contributed by atoms with Crippen molar-refractivity contribution in [3.63, 3.8) is 0 Å². The maximum atomic E-state index is 9.75. The molecular formula is C51H31N3S. The monoisotopic (exact) mass is 736 g/mol. The Hall–Kier alpha value is -7.01. The second-order valence-corrected chi connectivity index (χ2v) is 13.6. The van der Waals surface area contributed by atoms with Gasteiger partial charge >= 0.3 is 0 Å². The highest BCUT2D eigenvalue weighted by atomic mass is 32.1. The van der Waals surface area contributed by atoms with Crippen LogP contribution in [-0.4, -0.2) is 15.0 Å². The van der Waals surface area contributed by atoms with Gasteiger partial charge in [0, 0.05) is 36.9 Å². The molecule has 256 valence electrons. The Morgan fingerprint density at radius 1 is 0.327 bits per heavy atom. The summed E-state index contributed by atoms with van der Waals surface area (Å²) in [6.07, 6.45) is 0. The second kappa shape index (κ2) is 12.8. The summed E-state index contributed by atoms with van der Waals surface area (Å²) in [6, 6.07) is 7.05. The van der Waals surface area contributed by atoms with E-state index in [9.17, 15) is 12.3 Å². The number of nitrogens with zero attached hydrogens (tertiary/aromatic N) is 3. The molecule has 2 aromatic heterocycles. The highest BCUT2D eigenvalue weighted by molar-refractivity contribution is 7.25. The van der Waals surface area contributed by atoms with E-state index in [1.54, 1.807) is 41.7 Å². The lowest BCUT2D eigenvalue weighted by atomic mass is 9.91. The van der Waals surface area contributed by atoms with E-state index in [1.807, 2.05) is 42.5 Å². The van der Waals surface area contributed by atoms with Crippen molar-refractivity contribution in [2.45, 2.75) is 0 Å². The van der Waals surface area contributed by atoms with Crippen LogP contribution in [0.5, 0.6) is 0 Å². The zero-order valence-electron chi connectivity index (χ0n) is 47.2. The number of rotatable bonds is 5. The normalized spacial score (nSPS) is 16.5. The molecular weight excluding hydrogens is 687 g/mol. The van der Waals surface area contributed by atoms with Crippen molar-refractivity contribution in [2.75, 3.05) is 0 Å². The lowest BCUT2D eigenvalue weighted by Gasteiger charge is -2.13. The van der Waals surface area contributed by atoms with E-state index in [0.29, 0.717) is 11.1 Å². The molecule has 3 nitrogen and oxygen atoms in total. The van der Waals surface area contributed by atoms with Gasteiger partial charge in [-0.1, -0.05) is 145 Å². The van der Waals surface area contributed by atoms with Gasteiger partial charge in [-0.2, -0.15) is 0 Å². The number of thiophene rings is 1. The Labute approximate surface area is 348 Å². The van der Waals surface area contributed by atoms with Crippen LogP contribution in [-0.2, 0) is 0 Å². The fourth-order valence-electron chi connectivity index (χ4n) is 6.65. The molecule has 55 heavy (non-hydrogen) atoms. The van der Waals surface area contributed by atoms with E-state index in [0.717, 1.165) is 20.2 Å². The first-order chi connectivity index (χ1) is 35.2. The molecule has 0 radical (unpaired) electrons. The van der Waals surface area contributed by atoms with Gasteiger partial charge in [-0.15, -0.1) is 11.3 Å². The molecule has 0 aliphatic rings. The number of hydrogen-bond donors (Lipinski definition) is 0. The third-order valence-corrected chi connectivity index (χ3v) is 10.4. The summed E-state index contributed by atoms with van der Waals surface area (Å²) in [5.74, 6) is -0.0421. The molecule has 0 bridgehead atoms. The van der Waals surface area contributed by atoms with Crippen molar-refractivity contribution >= 4 is 63.8 Å². The van der Waals surface area contributed by atoms with E-state index in [-0.39, 0.29) is 17.5 Å². The maximum absolute atomic E-state index is 9.75. The molecule has 0 aliphatic heterocycles. The molecule has 0 unspecified atom stereocenters.